The molecule has 0 aromatic heterocycles. The van der Waals surface area contributed by atoms with Crippen molar-refractivity contribution in [3.63, 3.8) is 0 Å². The Labute approximate surface area is 73.4 Å². The van der Waals surface area contributed by atoms with Crippen LogP contribution in [0.1, 0.15) is 32.4 Å². The van der Waals surface area contributed by atoms with Crippen molar-refractivity contribution in [1.29, 1.82) is 0 Å². The predicted molar refractivity (Wildman–Crippen MR) is 50.4 cm³/mol. The molecular formula is C10H16FN. The van der Waals surface area contributed by atoms with Gasteiger partial charge in [-0.3, -0.25) is 0 Å². The Morgan fingerprint density at radius 3 is 2.25 bits per heavy atom. The summed E-state index contributed by atoms with van der Waals surface area (Å²) in [4.78, 5) is 0. The molecule has 1 nitrogen and oxygen atoms in total. The molecular weight excluding hydrogens is 153 g/mol. The molecule has 1 rings (SSSR count). The molecule has 0 amide bonds. The maximum atomic E-state index is 12.5. The number of rotatable bonds is 1. The number of halogens is 1. The molecule has 0 aliphatic rings. The molecule has 0 radical (unpaired) electrons. The van der Waals surface area contributed by atoms with Gasteiger partial charge in [-0.25, -0.2) is 4.39 Å². The van der Waals surface area contributed by atoms with E-state index in [0.717, 1.165) is 5.56 Å². The van der Waals surface area contributed by atoms with Gasteiger partial charge in [0, 0.05) is 6.04 Å². The highest BCUT2D eigenvalue weighted by molar-refractivity contribution is 5.18. The van der Waals surface area contributed by atoms with Crippen molar-refractivity contribution in [3.05, 3.63) is 35.6 Å². The van der Waals surface area contributed by atoms with Gasteiger partial charge in [0.2, 0.25) is 0 Å². The van der Waals surface area contributed by atoms with E-state index in [0.29, 0.717) is 0 Å². The first-order valence-electron chi connectivity index (χ1n) is 4.21. The number of hydrogen-bond acceptors (Lipinski definition) is 1. The fourth-order valence-electron chi connectivity index (χ4n) is 0.790. The molecule has 0 saturated carbocycles. The zero-order chi connectivity index (χ0) is 9.56. The maximum absolute atomic E-state index is 12.5. The van der Waals surface area contributed by atoms with Gasteiger partial charge < -0.3 is 5.73 Å². The Hall–Kier alpha value is -0.890. The summed E-state index contributed by atoms with van der Waals surface area (Å²) in [5, 5.41) is 0. The lowest BCUT2D eigenvalue weighted by molar-refractivity contribution is 0.622. The van der Waals surface area contributed by atoms with E-state index in [1.54, 1.807) is 6.07 Å². The molecule has 0 heterocycles. The van der Waals surface area contributed by atoms with Gasteiger partial charge in [-0.05, 0) is 24.6 Å². The van der Waals surface area contributed by atoms with Gasteiger partial charge in [0.05, 0.1) is 0 Å². The molecule has 0 bridgehead atoms. The molecule has 12 heavy (non-hydrogen) atoms. The Morgan fingerprint density at radius 2 is 1.92 bits per heavy atom. The van der Waals surface area contributed by atoms with Crippen LogP contribution < -0.4 is 5.73 Å². The van der Waals surface area contributed by atoms with Crippen LogP contribution >= 0.6 is 0 Å². The molecule has 1 aromatic rings. The van der Waals surface area contributed by atoms with E-state index in [4.69, 9.17) is 5.73 Å². The summed E-state index contributed by atoms with van der Waals surface area (Å²) in [6.07, 6.45) is 0. The Bertz CT molecular complexity index is 221. The number of hydrogen-bond donors (Lipinski definition) is 1. The topological polar surface area (TPSA) is 26.0 Å². The molecule has 1 aromatic carbocycles. The lowest BCUT2D eigenvalue weighted by Gasteiger charge is -2.03. The van der Waals surface area contributed by atoms with Crippen LogP contribution in [0.25, 0.3) is 0 Å². The van der Waals surface area contributed by atoms with Gasteiger partial charge in [-0.1, -0.05) is 26.0 Å². The summed E-state index contributed by atoms with van der Waals surface area (Å²) in [7, 11) is 0. The molecule has 0 saturated heterocycles. The summed E-state index contributed by atoms with van der Waals surface area (Å²) in [5.41, 5.74) is 6.35. The number of nitrogens with two attached hydrogens (primary N) is 1. The van der Waals surface area contributed by atoms with Gasteiger partial charge in [-0.15, -0.1) is 0 Å². The minimum Gasteiger partial charge on any atom is -0.324 e. The van der Waals surface area contributed by atoms with Crippen LogP contribution in [0.3, 0.4) is 0 Å². The van der Waals surface area contributed by atoms with Crippen LogP contribution in [0, 0.1) is 5.82 Å². The van der Waals surface area contributed by atoms with Crippen LogP contribution in [0.5, 0.6) is 0 Å². The maximum Gasteiger partial charge on any atom is 0.123 e. The smallest absolute Gasteiger partial charge is 0.123 e. The normalized spacial score (nSPS) is 11.4. The Kier molecular flexibility index (Phi) is 5.30. The van der Waals surface area contributed by atoms with E-state index in [-0.39, 0.29) is 11.9 Å². The van der Waals surface area contributed by atoms with Crippen LogP contribution in [-0.4, -0.2) is 0 Å². The van der Waals surface area contributed by atoms with Gasteiger partial charge in [-0.2, -0.15) is 0 Å². The fourth-order valence-corrected chi connectivity index (χ4v) is 0.790. The van der Waals surface area contributed by atoms with Crippen molar-refractivity contribution in [1.82, 2.24) is 0 Å². The molecule has 2 heteroatoms. The first-order valence-corrected chi connectivity index (χ1v) is 4.21. The fraction of sp³-hybridized carbons (Fsp3) is 0.400. The highest BCUT2D eigenvalue weighted by atomic mass is 19.1. The van der Waals surface area contributed by atoms with Crippen LogP contribution in [-0.2, 0) is 0 Å². The van der Waals surface area contributed by atoms with E-state index in [1.165, 1.54) is 12.1 Å². The second-order valence-electron chi connectivity index (χ2n) is 2.34. The third-order valence-electron chi connectivity index (χ3n) is 1.37. The monoisotopic (exact) mass is 169 g/mol. The second-order valence-corrected chi connectivity index (χ2v) is 2.34. The van der Waals surface area contributed by atoms with Crippen molar-refractivity contribution >= 4 is 0 Å². The van der Waals surface area contributed by atoms with Crippen LogP contribution in [0.4, 0.5) is 4.39 Å². The lowest BCUT2D eigenvalue weighted by Crippen LogP contribution is -2.04. The summed E-state index contributed by atoms with van der Waals surface area (Å²) in [5.74, 6) is -0.227. The molecule has 0 fully saturated rings. The van der Waals surface area contributed by atoms with Crippen LogP contribution in [0.15, 0.2) is 24.3 Å². The third kappa shape index (κ3) is 3.49. The summed E-state index contributed by atoms with van der Waals surface area (Å²) >= 11 is 0. The van der Waals surface area contributed by atoms with Gasteiger partial charge in [0.15, 0.2) is 0 Å². The summed E-state index contributed by atoms with van der Waals surface area (Å²) in [6.45, 7) is 5.83. The highest BCUT2D eigenvalue weighted by Crippen LogP contribution is 2.09. The van der Waals surface area contributed by atoms with Crippen molar-refractivity contribution in [3.8, 4) is 0 Å². The standard InChI is InChI=1S/C8H10FN.C2H6/c1-6(10)7-3-2-4-8(9)5-7;1-2/h2-6H,10H2,1H3;1-2H3. The zero-order valence-electron chi connectivity index (χ0n) is 7.84. The SMILES string of the molecule is CC.CC(N)c1cccc(F)c1. The molecule has 1 atom stereocenters. The first-order chi connectivity index (χ1) is 5.70. The summed E-state index contributed by atoms with van der Waals surface area (Å²) in [6, 6.07) is 6.24. The van der Waals surface area contributed by atoms with E-state index >= 15 is 0 Å². The lowest BCUT2D eigenvalue weighted by atomic mass is 10.1. The Balaban J connectivity index is 0.000000561. The van der Waals surface area contributed by atoms with Crippen molar-refractivity contribution < 1.29 is 4.39 Å². The minimum atomic E-state index is -0.227. The quantitative estimate of drug-likeness (QED) is 0.687. The average molecular weight is 169 g/mol. The molecule has 0 aliphatic carbocycles. The number of benzene rings is 1. The van der Waals surface area contributed by atoms with Crippen molar-refractivity contribution in [2.45, 2.75) is 26.8 Å². The molecule has 0 aliphatic heterocycles. The van der Waals surface area contributed by atoms with E-state index in [9.17, 15) is 4.39 Å². The largest absolute Gasteiger partial charge is 0.324 e. The molecule has 0 spiro atoms. The first kappa shape index (κ1) is 11.1. The second kappa shape index (κ2) is 5.72. The third-order valence-corrected chi connectivity index (χ3v) is 1.37. The molecule has 1 unspecified atom stereocenters. The summed E-state index contributed by atoms with van der Waals surface area (Å²) < 4.78 is 12.5. The predicted octanol–water partition coefficient (Wildman–Crippen LogP) is 2.87. The molecule has 68 valence electrons. The Morgan fingerprint density at radius 1 is 1.33 bits per heavy atom. The van der Waals surface area contributed by atoms with E-state index in [1.807, 2.05) is 26.8 Å². The van der Waals surface area contributed by atoms with E-state index in [2.05, 4.69) is 0 Å². The molecule has 2 N–H and O–H groups in total. The van der Waals surface area contributed by atoms with Gasteiger partial charge >= 0.3 is 0 Å². The minimum absolute atomic E-state index is 0.0873. The average Bonchev–Trinajstić information content (AvgIpc) is 2.08. The highest BCUT2D eigenvalue weighted by Gasteiger charge is 1.98. The zero-order valence-corrected chi connectivity index (χ0v) is 7.84. The van der Waals surface area contributed by atoms with Crippen molar-refractivity contribution in [2.24, 2.45) is 5.73 Å². The van der Waals surface area contributed by atoms with Gasteiger partial charge in [0.25, 0.3) is 0 Å². The van der Waals surface area contributed by atoms with Crippen molar-refractivity contribution in [2.75, 3.05) is 0 Å². The van der Waals surface area contributed by atoms with Crippen LogP contribution in [0.2, 0.25) is 0 Å². The van der Waals surface area contributed by atoms with Gasteiger partial charge in [0.1, 0.15) is 5.82 Å². The van der Waals surface area contributed by atoms with E-state index < -0.39 is 0 Å².